The number of nitro benzene ring substituents is 1. The Hall–Kier alpha value is -3.93. The van der Waals surface area contributed by atoms with Crippen LogP contribution >= 0.6 is 0 Å². The van der Waals surface area contributed by atoms with Crippen molar-refractivity contribution in [2.24, 2.45) is 0 Å². The second-order valence-corrected chi connectivity index (χ2v) is 4.91. The number of nitriles is 1. The molecule has 1 N–H and O–H groups in total. The van der Waals surface area contributed by atoms with E-state index in [0.29, 0.717) is 5.69 Å². The number of hydrogen-bond donors (Lipinski definition) is 1. The first-order valence-electron chi connectivity index (χ1n) is 7.31. The first-order valence-corrected chi connectivity index (χ1v) is 7.31. The van der Waals surface area contributed by atoms with Crippen LogP contribution in [-0.2, 0) is 14.3 Å². The van der Waals surface area contributed by atoms with E-state index < -0.39 is 30.0 Å². The van der Waals surface area contributed by atoms with Gasteiger partial charge < -0.3 is 14.8 Å². The van der Waals surface area contributed by atoms with Crippen molar-refractivity contribution < 1.29 is 24.0 Å². The molecule has 0 heterocycles. The number of nitrogens with one attached hydrogen (secondary N) is 1. The van der Waals surface area contributed by atoms with Crippen molar-refractivity contribution in [1.29, 1.82) is 5.26 Å². The van der Waals surface area contributed by atoms with Gasteiger partial charge in [0, 0.05) is 12.1 Å². The van der Waals surface area contributed by atoms with Crippen molar-refractivity contribution in [2.45, 2.75) is 0 Å². The van der Waals surface area contributed by atoms with Crippen molar-refractivity contribution in [3.05, 3.63) is 64.2 Å². The molecule has 0 radical (unpaired) electrons. The molecule has 9 nitrogen and oxygen atoms in total. The van der Waals surface area contributed by atoms with E-state index in [0.717, 1.165) is 0 Å². The number of ether oxygens (including phenoxy) is 2. The SMILES string of the molecule is N#Cc1ccccc1NC(=O)COC(=O)COc1ccc([N+](=O)[O-])cc1. The topological polar surface area (TPSA) is 132 Å². The minimum absolute atomic E-state index is 0.103. The number of rotatable bonds is 7. The molecule has 0 unspecified atom stereocenters. The van der Waals surface area contributed by atoms with E-state index in [4.69, 9.17) is 14.7 Å². The van der Waals surface area contributed by atoms with Crippen LogP contribution in [0.3, 0.4) is 0 Å². The third-order valence-electron chi connectivity index (χ3n) is 3.09. The molecule has 0 fully saturated rings. The molecule has 2 aromatic carbocycles. The lowest BCUT2D eigenvalue weighted by molar-refractivity contribution is -0.384. The van der Waals surface area contributed by atoms with Gasteiger partial charge in [-0.2, -0.15) is 5.26 Å². The Morgan fingerprint density at radius 2 is 1.81 bits per heavy atom. The quantitative estimate of drug-likeness (QED) is 0.456. The van der Waals surface area contributed by atoms with Crippen LogP contribution < -0.4 is 10.1 Å². The van der Waals surface area contributed by atoms with Crippen LogP contribution in [0.25, 0.3) is 0 Å². The highest BCUT2D eigenvalue weighted by Crippen LogP contribution is 2.17. The van der Waals surface area contributed by atoms with Crippen LogP contribution in [-0.4, -0.2) is 30.0 Å². The van der Waals surface area contributed by atoms with Gasteiger partial charge in [-0.15, -0.1) is 0 Å². The Bertz CT molecular complexity index is 858. The van der Waals surface area contributed by atoms with Crippen molar-refractivity contribution in [3.63, 3.8) is 0 Å². The number of para-hydroxylation sites is 1. The summed E-state index contributed by atoms with van der Waals surface area (Å²) >= 11 is 0. The lowest BCUT2D eigenvalue weighted by Gasteiger charge is -2.08. The van der Waals surface area contributed by atoms with Crippen molar-refractivity contribution in [2.75, 3.05) is 18.5 Å². The summed E-state index contributed by atoms with van der Waals surface area (Å²) < 4.78 is 9.88. The van der Waals surface area contributed by atoms with Gasteiger partial charge in [-0.3, -0.25) is 14.9 Å². The highest BCUT2D eigenvalue weighted by molar-refractivity contribution is 5.94. The average molecular weight is 355 g/mol. The third-order valence-corrected chi connectivity index (χ3v) is 3.09. The predicted molar refractivity (Wildman–Crippen MR) is 89.3 cm³/mol. The maximum Gasteiger partial charge on any atom is 0.344 e. The lowest BCUT2D eigenvalue weighted by atomic mass is 10.2. The Morgan fingerprint density at radius 3 is 2.46 bits per heavy atom. The lowest BCUT2D eigenvalue weighted by Crippen LogP contribution is -2.24. The second kappa shape index (κ2) is 8.79. The molecule has 0 saturated heterocycles. The molecule has 0 bridgehead atoms. The molecule has 2 rings (SSSR count). The zero-order valence-electron chi connectivity index (χ0n) is 13.4. The standard InChI is InChI=1S/C17H13N3O6/c18-9-12-3-1-2-4-15(12)19-16(21)10-26-17(22)11-25-14-7-5-13(6-8-14)20(23)24/h1-8H,10-11H2,(H,19,21). The summed E-state index contributed by atoms with van der Waals surface area (Å²) in [7, 11) is 0. The number of nitro groups is 1. The van der Waals surface area contributed by atoms with Gasteiger partial charge in [0.2, 0.25) is 0 Å². The van der Waals surface area contributed by atoms with Crippen molar-refractivity contribution >= 4 is 23.3 Å². The summed E-state index contributed by atoms with van der Waals surface area (Å²) in [6.45, 7) is -0.998. The second-order valence-electron chi connectivity index (χ2n) is 4.91. The summed E-state index contributed by atoms with van der Waals surface area (Å²) in [4.78, 5) is 33.3. The number of anilines is 1. The van der Waals surface area contributed by atoms with E-state index in [1.165, 1.54) is 24.3 Å². The number of nitrogens with zero attached hydrogens (tertiary/aromatic N) is 2. The maximum atomic E-state index is 11.8. The largest absolute Gasteiger partial charge is 0.482 e. The number of esters is 1. The molecule has 2 aromatic rings. The zero-order chi connectivity index (χ0) is 18.9. The van der Waals surface area contributed by atoms with Gasteiger partial charge >= 0.3 is 5.97 Å². The molecule has 26 heavy (non-hydrogen) atoms. The fourth-order valence-electron chi connectivity index (χ4n) is 1.87. The minimum atomic E-state index is -0.785. The first-order chi connectivity index (χ1) is 12.5. The maximum absolute atomic E-state index is 11.8. The molecule has 0 aliphatic heterocycles. The highest BCUT2D eigenvalue weighted by atomic mass is 16.6. The van der Waals surface area contributed by atoms with Crippen LogP contribution in [0, 0.1) is 21.4 Å². The average Bonchev–Trinajstić information content (AvgIpc) is 2.65. The highest BCUT2D eigenvalue weighted by Gasteiger charge is 2.11. The van der Waals surface area contributed by atoms with Gasteiger partial charge in [-0.05, 0) is 24.3 Å². The van der Waals surface area contributed by atoms with Crippen LogP contribution in [0.5, 0.6) is 5.75 Å². The van der Waals surface area contributed by atoms with Crippen LogP contribution in [0.15, 0.2) is 48.5 Å². The monoisotopic (exact) mass is 355 g/mol. The number of hydrogen-bond acceptors (Lipinski definition) is 7. The van der Waals surface area contributed by atoms with Gasteiger partial charge in [-0.25, -0.2) is 4.79 Å². The molecule has 9 heteroatoms. The number of carbonyl (C=O) groups excluding carboxylic acids is 2. The fourth-order valence-corrected chi connectivity index (χ4v) is 1.87. The number of carbonyl (C=O) groups is 2. The summed E-state index contributed by atoms with van der Waals surface area (Å²) in [5.41, 5.74) is 0.501. The van der Waals surface area contributed by atoms with E-state index in [1.807, 2.05) is 6.07 Å². The Balaban J connectivity index is 1.77. The normalized spacial score (nSPS) is 9.65. The van der Waals surface area contributed by atoms with E-state index in [-0.39, 0.29) is 17.0 Å². The van der Waals surface area contributed by atoms with Gasteiger partial charge in [0.25, 0.3) is 11.6 Å². The molecule has 1 amide bonds. The van der Waals surface area contributed by atoms with Gasteiger partial charge in [0.15, 0.2) is 13.2 Å². The molecule has 0 aliphatic carbocycles. The Labute approximate surface area is 147 Å². The zero-order valence-corrected chi connectivity index (χ0v) is 13.4. The minimum Gasteiger partial charge on any atom is -0.482 e. The molecule has 0 saturated carbocycles. The molecular weight excluding hydrogens is 342 g/mol. The molecule has 0 atom stereocenters. The predicted octanol–water partition coefficient (Wildman–Crippen LogP) is 2.03. The van der Waals surface area contributed by atoms with Gasteiger partial charge in [0.1, 0.15) is 11.8 Å². The van der Waals surface area contributed by atoms with Crippen LogP contribution in [0.1, 0.15) is 5.56 Å². The van der Waals surface area contributed by atoms with E-state index in [9.17, 15) is 19.7 Å². The number of amides is 1. The van der Waals surface area contributed by atoms with Gasteiger partial charge in [0.05, 0.1) is 16.2 Å². The van der Waals surface area contributed by atoms with E-state index in [2.05, 4.69) is 5.32 Å². The molecule has 0 spiro atoms. The smallest absolute Gasteiger partial charge is 0.344 e. The van der Waals surface area contributed by atoms with E-state index in [1.54, 1.807) is 24.3 Å². The Kier molecular flexibility index (Phi) is 6.23. The summed E-state index contributed by atoms with van der Waals surface area (Å²) in [5.74, 6) is -1.14. The number of non-ortho nitro benzene ring substituents is 1. The first kappa shape index (κ1) is 18.4. The summed E-state index contributed by atoms with van der Waals surface area (Å²) in [6.07, 6.45) is 0. The van der Waals surface area contributed by atoms with Crippen molar-refractivity contribution in [3.8, 4) is 11.8 Å². The number of benzene rings is 2. The summed E-state index contributed by atoms with van der Waals surface area (Å²) in [5, 5.41) is 21.9. The summed E-state index contributed by atoms with van der Waals surface area (Å²) in [6, 6.07) is 13.5. The molecule has 0 aromatic heterocycles. The van der Waals surface area contributed by atoms with Crippen LogP contribution in [0.2, 0.25) is 0 Å². The van der Waals surface area contributed by atoms with Gasteiger partial charge in [-0.1, -0.05) is 12.1 Å². The fraction of sp³-hybridized carbons (Fsp3) is 0.118. The molecule has 0 aliphatic rings. The molecule has 132 valence electrons. The van der Waals surface area contributed by atoms with Crippen LogP contribution in [0.4, 0.5) is 11.4 Å². The third kappa shape index (κ3) is 5.31. The van der Waals surface area contributed by atoms with Crippen molar-refractivity contribution in [1.82, 2.24) is 0 Å². The van der Waals surface area contributed by atoms with E-state index >= 15 is 0 Å². The Morgan fingerprint density at radius 1 is 1.12 bits per heavy atom. The molecular formula is C17H13N3O6.